The Kier molecular flexibility index (Phi) is 4.89. The number of aromatic nitrogens is 2. The Hall–Kier alpha value is -3.30. The minimum atomic E-state index is -2.27. The van der Waals surface area contributed by atoms with Crippen LogP contribution in [0.15, 0.2) is 29.4 Å². The molecule has 0 aliphatic heterocycles. The van der Waals surface area contributed by atoms with Crippen molar-refractivity contribution >= 4 is 23.2 Å². The number of nitrogens with one attached hydrogen (secondary N) is 1. The van der Waals surface area contributed by atoms with E-state index in [0.29, 0.717) is 23.1 Å². The topological polar surface area (TPSA) is 59.3 Å². The summed E-state index contributed by atoms with van der Waals surface area (Å²) < 4.78 is 67.8. The predicted octanol–water partition coefficient (Wildman–Crippen LogP) is 3.19. The lowest BCUT2D eigenvalue weighted by atomic mass is 10.2. The maximum Gasteiger partial charge on any atom is 0.260 e. The van der Waals surface area contributed by atoms with Gasteiger partial charge in [0.15, 0.2) is 23.3 Å². The van der Waals surface area contributed by atoms with Gasteiger partial charge in [0.05, 0.1) is 22.8 Å². The molecule has 0 saturated heterocycles. The van der Waals surface area contributed by atoms with Gasteiger partial charge in [-0.1, -0.05) is 12.1 Å². The molecule has 1 heterocycles. The molecule has 0 unspecified atom stereocenters. The highest BCUT2D eigenvalue weighted by Gasteiger charge is 2.24. The van der Waals surface area contributed by atoms with Gasteiger partial charge in [-0.15, -0.1) is 0 Å². The highest BCUT2D eigenvalue weighted by atomic mass is 19.2. The van der Waals surface area contributed by atoms with Crippen molar-refractivity contribution < 1.29 is 26.7 Å². The number of nitrogens with zero attached hydrogens (tertiary/aromatic N) is 3. The fourth-order valence-corrected chi connectivity index (χ4v) is 2.48. The fourth-order valence-electron chi connectivity index (χ4n) is 2.48. The van der Waals surface area contributed by atoms with Gasteiger partial charge in [0, 0.05) is 0 Å². The third-order valence-electron chi connectivity index (χ3n) is 3.77. The van der Waals surface area contributed by atoms with Gasteiger partial charge in [-0.2, -0.15) is 5.10 Å². The van der Waals surface area contributed by atoms with Gasteiger partial charge in [-0.3, -0.25) is 4.79 Å². The number of hydrogen-bond acceptors (Lipinski definition) is 3. The zero-order valence-electron chi connectivity index (χ0n) is 13.7. The highest BCUT2D eigenvalue weighted by Crippen LogP contribution is 2.21. The van der Waals surface area contributed by atoms with E-state index < -0.39 is 40.6 Å². The molecule has 3 rings (SSSR count). The third kappa shape index (κ3) is 3.37. The van der Waals surface area contributed by atoms with E-state index in [4.69, 9.17) is 0 Å². The van der Waals surface area contributed by atoms with E-state index in [1.54, 1.807) is 35.8 Å². The molecule has 0 bridgehead atoms. The molecular formula is C17H11F5N4O. The number of hydrogen-bond donors (Lipinski definition) is 1. The molecule has 0 saturated carbocycles. The quantitative estimate of drug-likeness (QED) is 0.248. The van der Waals surface area contributed by atoms with Crippen LogP contribution in [0.2, 0.25) is 0 Å². The molecule has 1 N–H and O–H groups in total. The molecule has 0 spiro atoms. The average molecular weight is 382 g/mol. The summed E-state index contributed by atoms with van der Waals surface area (Å²) in [5, 5.41) is 3.27. The van der Waals surface area contributed by atoms with Gasteiger partial charge < -0.3 is 4.57 Å². The largest absolute Gasteiger partial charge is 0.319 e. The van der Waals surface area contributed by atoms with Gasteiger partial charge in [0.25, 0.3) is 5.91 Å². The SMILES string of the molecule is Cc1nc2ccccc2n1CC(=O)N/N=C\c1c(F)c(F)c(F)c(F)c1F. The number of aryl methyl sites for hydroxylation is 1. The molecule has 2 aromatic carbocycles. The molecule has 0 atom stereocenters. The van der Waals surface area contributed by atoms with E-state index in [1.165, 1.54) is 0 Å². The Labute approximate surface area is 149 Å². The molecular weight excluding hydrogens is 371 g/mol. The molecule has 140 valence electrons. The normalized spacial score (nSPS) is 11.5. The first-order valence-corrected chi connectivity index (χ1v) is 7.56. The maximum absolute atomic E-state index is 13.5. The van der Waals surface area contributed by atoms with Gasteiger partial charge >= 0.3 is 0 Å². The second kappa shape index (κ2) is 7.14. The van der Waals surface area contributed by atoms with E-state index in [0.717, 1.165) is 0 Å². The van der Waals surface area contributed by atoms with Crippen molar-refractivity contribution in [3.8, 4) is 0 Å². The molecule has 0 radical (unpaired) electrons. The molecule has 0 fully saturated rings. The van der Waals surface area contributed by atoms with Crippen LogP contribution in [0.1, 0.15) is 11.4 Å². The lowest BCUT2D eigenvalue weighted by Crippen LogP contribution is -2.24. The summed E-state index contributed by atoms with van der Waals surface area (Å²) in [7, 11) is 0. The minimum absolute atomic E-state index is 0.208. The maximum atomic E-state index is 13.5. The molecule has 5 nitrogen and oxygen atoms in total. The Balaban J connectivity index is 1.77. The van der Waals surface area contributed by atoms with Crippen LogP contribution in [-0.2, 0) is 11.3 Å². The number of benzene rings is 2. The van der Waals surface area contributed by atoms with Crippen LogP contribution in [-0.4, -0.2) is 21.7 Å². The minimum Gasteiger partial charge on any atom is -0.319 e. The second-order valence-electron chi connectivity index (χ2n) is 5.51. The first kappa shape index (κ1) is 18.5. The number of carbonyl (C=O) groups excluding carboxylic acids is 1. The van der Waals surface area contributed by atoms with Gasteiger partial charge in [-0.25, -0.2) is 32.4 Å². The van der Waals surface area contributed by atoms with Crippen LogP contribution >= 0.6 is 0 Å². The first-order chi connectivity index (χ1) is 12.8. The van der Waals surface area contributed by atoms with Crippen molar-refractivity contribution in [3.63, 3.8) is 0 Å². The number of amides is 1. The van der Waals surface area contributed by atoms with Gasteiger partial charge in [0.2, 0.25) is 5.82 Å². The Morgan fingerprint density at radius 1 is 1.07 bits per heavy atom. The van der Waals surface area contributed by atoms with Crippen molar-refractivity contribution in [1.29, 1.82) is 0 Å². The molecule has 27 heavy (non-hydrogen) atoms. The fraction of sp³-hybridized carbons (Fsp3) is 0.118. The number of hydrazone groups is 1. The zero-order valence-corrected chi connectivity index (χ0v) is 13.7. The number of fused-ring (bicyclic) bond motifs is 1. The smallest absolute Gasteiger partial charge is 0.260 e. The Morgan fingerprint density at radius 3 is 2.33 bits per heavy atom. The molecule has 1 amide bonds. The highest BCUT2D eigenvalue weighted by molar-refractivity contribution is 5.84. The molecule has 0 aliphatic rings. The summed E-state index contributed by atoms with van der Waals surface area (Å²) in [5.41, 5.74) is 2.09. The lowest BCUT2D eigenvalue weighted by Gasteiger charge is -2.06. The van der Waals surface area contributed by atoms with Crippen molar-refractivity contribution in [3.05, 3.63) is 64.7 Å². The van der Waals surface area contributed by atoms with Crippen molar-refractivity contribution in [2.75, 3.05) is 0 Å². The predicted molar refractivity (Wildman–Crippen MR) is 86.4 cm³/mol. The van der Waals surface area contributed by atoms with E-state index in [2.05, 4.69) is 10.1 Å². The second-order valence-corrected chi connectivity index (χ2v) is 5.51. The zero-order chi connectivity index (χ0) is 19.7. The van der Waals surface area contributed by atoms with Gasteiger partial charge in [-0.05, 0) is 19.1 Å². The van der Waals surface area contributed by atoms with E-state index in [9.17, 15) is 26.7 Å². The van der Waals surface area contributed by atoms with Crippen molar-refractivity contribution in [1.82, 2.24) is 15.0 Å². The Morgan fingerprint density at radius 2 is 1.67 bits per heavy atom. The van der Waals surface area contributed by atoms with Crippen LogP contribution in [0.3, 0.4) is 0 Å². The number of rotatable bonds is 4. The van der Waals surface area contributed by atoms with Crippen LogP contribution in [0, 0.1) is 36.0 Å². The summed E-state index contributed by atoms with van der Waals surface area (Å²) >= 11 is 0. The molecule has 0 aliphatic carbocycles. The van der Waals surface area contributed by atoms with Crippen LogP contribution in [0.5, 0.6) is 0 Å². The average Bonchev–Trinajstić information content (AvgIpc) is 2.96. The monoisotopic (exact) mass is 382 g/mol. The van der Waals surface area contributed by atoms with E-state index in [-0.39, 0.29) is 6.54 Å². The Bertz CT molecular complexity index is 1050. The van der Waals surface area contributed by atoms with Crippen molar-refractivity contribution in [2.45, 2.75) is 13.5 Å². The third-order valence-corrected chi connectivity index (χ3v) is 3.77. The number of imidazole rings is 1. The van der Waals surface area contributed by atoms with Crippen LogP contribution < -0.4 is 5.43 Å². The van der Waals surface area contributed by atoms with Gasteiger partial charge in [0.1, 0.15) is 12.4 Å². The van der Waals surface area contributed by atoms with Crippen molar-refractivity contribution in [2.24, 2.45) is 5.10 Å². The summed E-state index contributed by atoms with van der Waals surface area (Å²) in [5.74, 6) is -10.7. The summed E-state index contributed by atoms with van der Waals surface area (Å²) in [4.78, 5) is 16.3. The standard InChI is InChI=1S/C17H11F5N4O/c1-8-24-10-4-2-3-5-11(10)26(8)7-12(27)25-23-6-9-13(18)15(20)17(22)16(21)14(9)19/h2-6H,7H2,1H3,(H,25,27)/b23-6-. The molecule has 1 aromatic heterocycles. The first-order valence-electron chi connectivity index (χ1n) is 7.56. The molecule has 3 aromatic rings. The number of carbonyl (C=O) groups is 1. The lowest BCUT2D eigenvalue weighted by molar-refractivity contribution is -0.121. The van der Waals surface area contributed by atoms with Crippen LogP contribution in [0.4, 0.5) is 22.0 Å². The van der Waals surface area contributed by atoms with Crippen LogP contribution in [0.25, 0.3) is 11.0 Å². The van der Waals surface area contributed by atoms with E-state index in [1.807, 2.05) is 5.43 Å². The summed E-state index contributed by atoms with van der Waals surface area (Å²) in [6.45, 7) is 1.48. The molecule has 10 heteroatoms. The number of halogens is 5. The van der Waals surface area contributed by atoms with E-state index >= 15 is 0 Å². The summed E-state index contributed by atoms with van der Waals surface area (Å²) in [6.07, 6.45) is 0.354. The number of para-hydroxylation sites is 2. The summed E-state index contributed by atoms with van der Waals surface area (Å²) in [6, 6.07) is 7.06.